The van der Waals surface area contributed by atoms with E-state index in [2.05, 4.69) is 9.98 Å². The Morgan fingerprint density at radius 2 is 2.11 bits per heavy atom. The molecule has 0 aromatic carbocycles. The van der Waals surface area contributed by atoms with Gasteiger partial charge in [0, 0.05) is 6.21 Å². The lowest BCUT2D eigenvalue weighted by Crippen LogP contribution is -1.70. The Morgan fingerprint density at radius 1 is 1.11 bits per heavy atom. The minimum atomic E-state index is 0.724. The molecule has 9 heavy (non-hydrogen) atoms. The van der Waals surface area contributed by atoms with Gasteiger partial charge >= 0.3 is 0 Å². The molecule has 2 heteroatoms. The second-order valence-corrected chi connectivity index (χ2v) is 1.59. The average Bonchev–Trinajstić information content (AvgIpc) is 2.00. The number of rotatable bonds is 0. The van der Waals surface area contributed by atoms with Gasteiger partial charge in [0.15, 0.2) is 0 Å². The van der Waals surface area contributed by atoms with Crippen LogP contribution >= 0.6 is 0 Å². The number of aliphatic imine (C=N–C) groups is 2. The molecule has 46 valence electrons. The summed E-state index contributed by atoms with van der Waals surface area (Å²) in [6.07, 6.45) is 11.0. The summed E-state index contributed by atoms with van der Waals surface area (Å²) in [5.74, 6) is 0. The van der Waals surface area contributed by atoms with Gasteiger partial charge in [-0.3, -0.25) is 4.99 Å². The van der Waals surface area contributed by atoms with Crippen LogP contribution < -0.4 is 0 Å². The van der Waals surface area contributed by atoms with Crippen molar-refractivity contribution in [3.05, 3.63) is 24.3 Å². The molecule has 0 N–H and O–H groups in total. The van der Waals surface area contributed by atoms with Crippen molar-refractivity contribution in [1.29, 1.82) is 0 Å². The van der Waals surface area contributed by atoms with Gasteiger partial charge in [-0.2, -0.15) is 0 Å². The lowest BCUT2D eigenvalue weighted by molar-refractivity contribution is 1.25. The highest BCUT2D eigenvalue weighted by molar-refractivity contribution is 5.80. The second kappa shape index (κ2) is 3.78. The van der Waals surface area contributed by atoms with Gasteiger partial charge in [-0.15, -0.1) is 0 Å². The molecule has 1 aliphatic rings. The molecule has 0 amide bonds. The highest BCUT2D eigenvalue weighted by Gasteiger charge is 1.70. The molecule has 0 unspecified atom stereocenters. The van der Waals surface area contributed by atoms with Crippen molar-refractivity contribution < 1.29 is 0 Å². The van der Waals surface area contributed by atoms with Crippen LogP contribution in [0.3, 0.4) is 0 Å². The molecular weight excluding hydrogens is 112 g/mol. The number of allylic oxidation sites excluding steroid dienone is 3. The first kappa shape index (κ1) is 5.95. The van der Waals surface area contributed by atoms with E-state index in [0.29, 0.717) is 0 Å². The molecule has 0 atom stereocenters. The van der Waals surface area contributed by atoms with Crippen molar-refractivity contribution in [3.63, 3.8) is 0 Å². The third kappa shape index (κ3) is 2.59. The van der Waals surface area contributed by atoms with Gasteiger partial charge < -0.3 is 0 Å². The van der Waals surface area contributed by atoms with Crippen LogP contribution in [0, 0.1) is 0 Å². The molecule has 2 nitrogen and oxygen atoms in total. The van der Waals surface area contributed by atoms with E-state index in [0.717, 1.165) is 6.54 Å². The predicted molar refractivity (Wildman–Crippen MR) is 40.1 cm³/mol. The molecule has 1 rings (SSSR count). The molecule has 0 saturated carbocycles. The van der Waals surface area contributed by atoms with Crippen molar-refractivity contribution in [1.82, 2.24) is 0 Å². The number of nitrogens with zero attached hydrogens (tertiary/aromatic N) is 2. The third-order valence-electron chi connectivity index (χ3n) is 0.890. The summed E-state index contributed by atoms with van der Waals surface area (Å²) in [5.41, 5.74) is 0. The summed E-state index contributed by atoms with van der Waals surface area (Å²) in [4.78, 5) is 7.79. The SMILES string of the molecule is C1=NC=NC/C=C\C=C/1. The Labute approximate surface area is 54.3 Å². The summed E-state index contributed by atoms with van der Waals surface area (Å²) in [6, 6.07) is 0. The molecule has 0 bridgehead atoms. The first-order valence-electron chi connectivity index (χ1n) is 2.83. The second-order valence-electron chi connectivity index (χ2n) is 1.59. The number of hydrogen-bond donors (Lipinski definition) is 0. The molecule has 1 aliphatic heterocycles. The first-order chi connectivity index (χ1) is 4.50. The van der Waals surface area contributed by atoms with Crippen LogP contribution in [0.1, 0.15) is 0 Å². The smallest absolute Gasteiger partial charge is 0.110 e. The Bertz CT molecular complexity index is 155. The standard InChI is InChI=1S/C7H8N2/c1-2-4-6-9-7-8-5-3-1/h1-5,7H,6H2/b3-1-,4-2-,8-5?,9-7?. The maximum Gasteiger partial charge on any atom is 0.110 e. The lowest BCUT2D eigenvalue weighted by Gasteiger charge is -1.75. The van der Waals surface area contributed by atoms with Crippen LogP contribution in [0.5, 0.6) is 0 Å². The van der Waals surface area contributed by atoms with E-state index in [9.17, 15) is 0 Å². The van der Waals surface area contributed by atoms with E-state index in [1.165, 1.54) is 0 Å². The topological polar surface area (TPSA) is 24.7 Å². The summed E-state index contributed by atoms with van der Waals surface area (Å²) in [7, 11) is 0. The van der Waals surface area contributed by atoms with Gasteiger partial charge in [-0.1, -0.05) is 18.2 Å². The number of hydrogen-bond acceptors (Lipinski definition) is 2. The molecule has 1 heterocycles. The monoisotopic (exact) mass is 120 g/mol. The van der Waals surface area contributed by atoms with Crippen molar-refractivity contribution in [2.24, 2.45) is 9.98 Å². The van der Waals surface area contributed by atoms with E-state index < -0.39 is 0 Å². The zero-order valence-electron chi connectivity index (χ0n) is 5.07. The van der Waals surface area contributed by atoms with Crippen molar-refractivity contribution >= 4 is 12.6 Å². The first-order valence-corrected chi connectivity index (χ1v) is 2.83. The van der Waals surface area contributed by atoms with Crippen molar-refractivity contribution in [2.45, 2.75) is 0 Å². The van der Waals surface area contributed by atoms with E-state index in [-0.39, 0.29) is 0 Å². The zero-order valence-corrected chi connectivity index (χ0v) is 5.07. The maximum atomic E-state index is 3.94. The zero-order chi connectivity index (χ0) is 6.36. The highest BCUT2D eigenvalue weighted by Crippen LogP contribution is 1.80. The highest BCUT2D eigenvalue weighted by atomic mass is 14.8. The summed E-state index contributed by atoms with van der Waals surface area (Å²) >= 11 is 0. The third-order valence-corrected chi connectivity index (χ3v) is 0.890. The van der Waals surface area contributed by atoms with Crippen LogP contribution in [-0.2, 0) is 0 Å². The Kier molecular flexibility index (Phi) is 2.50. The largest absolute Gasteiger partial charge is 0.269 e. The average molecular weight is 120 g/mol. The summed E-state index contributed by atoms with van der Waals surface area (Å²) in [5, 5.41) is 0. The lowest BCUT2D eigenvalue weighted by atomic mass is 10.4. The Balaban J connectivity index is 2.60. The van der Waals surface area contributed by atoms with Gasteiger partial charge in [0.1, 0.15) is 6.34 Å². The van der Waals surface area contributed by atoms with Crippen molar-refractivity contribution in [3.8, 4) is 0 Å². The van der Waals surface area contributed by atoms with E-state index in [1.807, 2.05) is 24.3 Å². The Hall–Kier alpha value is -1.18. The van der Waals surface area contributed by atoms with Gasteiger partial charge in [-0.25, -0.2) is 4.99 Å². The van der Waals surface area contributed by atoms with Gasteiger partial charge in [-0.05, 0) is 6.08 Å². The van der Waals surface area contributed by atoms with Gasteiger partial charge in [0.05, 0.1) is 6.54 Å². The van der Waals surface area contributed by atoms with Crippen LogP contribution in [0.2, 0.25) is 0 Å². The Morgan fingerprint density at radius 3 is 3.11 bits per heavy atom. The fourth-order valence-electron chi connectivity index (χ4n) is 0.497. The molecule has 0 aromatic heterocycles. The molecule has 0 saturated heterocycles. The van der Waals surface area contributed by atoms with Gasteiger partial charge in [0.25, 0.3) is 0 Å². The van der Waals surface area contributed by atoms with Crippen LogP contribution in [0.15, 0.2) is 34.3 Å². The molecule has 0 spiro atoms. The van der Waals surface area contributed by atoms with Crippen LogP contribution in [0.4, 0.5) is 0 Å². The van der Waals surface area contributed by atoms with Crippen LogP contribution in [0.25, 0.3) is 0 Å². The molecule has 0 aromatic rings. The fraction of sp³-hybridized carbons (Fsp3) is 0.143. The predicted octanol–water partition coefficient (Wildman–Crippen LogP) is 1.21. The molecular formula is C7H8N2. The van der Waals surface area contributed by atoms with Crippen molar-refractivity contribution in [2.75, 3.05) is 6.54 Å². The molecule has 0 aliphatic carbocycles. The molecule has 0 radical (unpaired) electrons. The maximum absolute atomic E-state index is 3.94. The minimum Gasteiger partial charge on any atom is -0.269 e. The van der Waals surface area contributed by atoms with E-state index >= 15 is 0 Å². The summed E-state index contributed by atoms with van der Waals surface area (Å²) < 4.78 is 0. The van der Waals surface area contributed by atoms with E-state index in [4.69, 9.17) is 0 Å². The summed E-state index contributed by atoms with van der Waals surface area (Å²) in [6.45, 7) is 0.724. The fourth-order valence-corrected chi connectivity index (χ4v) is 0.497. The minimum absolute atomic E-state index is 0.724. The normalized spacial score (nSPS) is 24.0. The van der Waals surface area contributed by atoms with Gasteiger partial charge in [0.2, 0.25) is 0 Å². The van der Waals surface area contributed by atoms with E-state index in [1.54, 1.807) is 12.6 Å². The molecule has 0 fully saturated rings. The quantitative estimate of drug-likeness (QED) is 0.459. The van der Waals surface area contributed by atoms with Crippen LogP contribution in [-0.4, -0.2) is 19.1 Å².